The van der Waals surface area contributed by atoms with E-state index in [4.69, 9.17) is 14.6 Å². The Labute approximate surface area is 85.9 Å². The first-order chi connectivity index (χ1) is 6.63. The van der Waals surface area contributed by atoms with Crippen molar-refractivity contribution in [3.8, 4) is 0 Å². The maximum Gasteiger partial charge on any atom is 0.371 e. The molecule has 0 bridgehead atoms. The Morgan fingerprint density at radius 3 is 2.86 bits per heavy atom. The van der Waals surface area contributed by atoms with Gasteiger partial charge in [-0.3, -0.25) is 0 Å². The van der Waals surface area contributed by atoms with Crippen LogP contribution < -0.4 is 0 Å². The summed E-state index contributed by atoms with van der Waals surface area (Å²) in [4.78, 5) is 10.5. The number of thioether (sulfide) groups is 1. The summed E-state index contributed by atoms with van der Waals surface area (Å²) in [6.45, 7) is 2.00. The SMILES string of the molecule is CC(CO)SCc1ccc(C(=O)O)o1. The molecule has 0 spiro atoms. The van der Waals surface area contributed by atoms with Crippen molar-refractivity contribution in [3.05, 3.63) is 23.7 Å². The molecule has 1 rings (SSSR count). The number of aliphatic hydroxyl groups excluding tert-OH is 1. The van der Waals surface area contributed by atoms with Crippen LogP contribution in [0, 0.1) is 0 Å². The molecule has 4 nitrogen and oxygen atoms in total. The van der Waals surface area contributed by atoms with Crippen LogP contribution in [0.1, 0.15) is 23.2 Å². The molecule has 0 amide bonds. The first kappa shape index (κ1) is 11.1. The zero-order chi connectivity index (χ0) is 10.6. The summed E-state index contributed by atoms with van der Waals surface area (Å²) in [6.07, 6.45) is 0. The average molecular weight is 216 g/mol. The predicted octanol–water partition coefficient (Wildman–Crippen LogP) is 1.59. The maximum absolute atomic E-state index is 10.5. The van der Waals surface area contributed by atoms with E-state index >= 15 is 0 Å². The molecule has 0 aliphatic rings. The van der Waals surface area contributed by atoms with E-state index in [-0.39, 0.29) is 17.6 Å². The molecule has 2 N–H and O–H groups in total. The number of carboxylic acid groups (broad SMARTS) is 1. The highest BCUT2D eigenvalue weighted by Crippen LogP contribution is 2.19. The number of hydrogen-bond donors (Lipinski definition) is 2. The van der Waals surface area contributed by atoms with E-state index in [0.717, 1.165) is 0 Å². The van der Waals surface area contributed by atoms with E-state index in [1.54, 1.807) is 6.07 Å². The van der Waals surface area contributed by atoms with Crippen LogP contribution in [0.3, 0.4) is 0 Å². The lowest BCUT2D eigenvalue weighted by Gasteiger charge is -2.04. The minimum absolute atomic E-state index is 0.0442. The molecule has 1 aromatic heterocycles. The third-order valence-electron chi connectivity index (χ3n) is 1.64. The van der Waals surface area contributed by atoms with Gasteiger partial charge in [-0.05, 0) is 12.1 Å². The molecule has 1 atom stereocenters. The minimum Gasteiger partial charge on any atom is -0.475 e. The second kappa shape index (κ2) is 5.07. The highest BCUT2D eigenvalue weighted by atomic mass is 32.2. The molecule has 0 saturated carbocycles. The summed E-state index contributed by atoms with van der Waals surface area (Å²) in [7, 11) is 0. The number of aliphatic hydroxyl groups is 1. The van der Waals surface area contributed by atoms with Gasteiger partial charge < -0.3 is 14.6 Å². The zero-order valence-corrected chi connectivity index (χ0v) is 8.58. The Morgan fingerprint density at radius 2 is 2.36 bits per heavy atom. The van der Waals surface area contributed by atoms with E-state index in [1.165, 1.54) is 17.8 Å². The quantitative estimate of drug-likeness (QED) is 0.782. The lowest BCUT2D eigenvalue weighted by atomic mass is 10.4. The van der Waals surface area contributed by atoms with Gasteiger partial charge in [0.05, 0.1) is 12.4 Å². The first-order valence-corrected chi connectivity index (χ1v) is 5.23. The van der Waals surface area contributed by atoms with Gasteiger partial charge in [-0.25, -0.2) is 4.79 Å². The molecule has 14 heavy (non-hydrogen) atoms. The van der Waals surface area contributed by atoms with Gasteiger partial charge in [0.25, 0.3) is 0 Å². The van der Waals surface area contributed by atoms with Crippen molar-refractivity contribution in [1.29, 1.82) is 0 Å². The molecule has 1 heterocycles. The number of rotatable bonds is 5. The van der Waals surface area contributed by atoms with Gasteiger partial charge in [-0.1, -0.05) is 6.92 Å². The van der Waals surface area contributed by atoms with Gasteiger partial charge in [-0.15, -0.1) is 11.8 Å². The average Bonchev–Trinajstić information content (AvgIpc) is 2.62. The van der Waals surface area contributed by atoms with Crippen LogP contribution in [0.15, 0.2) is 16.5 Å². The minimum atomic E-state index is -1.06. The molecule has 5 heteroatoms. The van der Waals surface area contributed by atoms with Crippen molar-refractivity contribution in [2.24, 2.45) is 0 Å². The number of aromatic carboxylic acids is 1. The van der Waals surface area contributed by atoms with Crippen LogP contribution in [0.25, 0.3) is 0 Å². The van der Waals surface area contributed by atoms with Crippen LogP contribution in [-0.4, -0.2) is 28.0 Å². The maximum atomic E-state index is 10.5. The molecule has 0 aromatic carbocycles. The number of carboxylic acids is 1. The topological polar surface area (TPSA) is 70.7 Å². The molecule has 1 aromatic rings. The Balaban J connectivity index is 2.48. The van der Waals surface area contributed by atoms with Crippen molar-refractivity contribution in [3.63, 3.8) is 0 Å². The molecular formula is C9H12O4S. The van der Waals surface area contributed by atoms with Gasteiger partial charge in [0, 0.05) is 5.25 Å². The van der Waals surface area contributed by atoms with Crippen LogP contribution in [0.5, 0.6) is 0 Å². The smallest absolute Gasteiger partial charge is 0.371 e. The van der Waals surface area contributed by atoms with Gasteiger partial charge in [0.15, 0.2) is 0 Å². The lowest BCUT2D eigenvalue weighted by molar-refractivity contribution is 0.0661. The fourth-order valence-corrected chi connectivity index (χ4v) is 1.56. The second-order valence-electron chi connectivity index (χ2n) is 2.88. The largest absolute Gasteiger partial charge is 0.475 e. The predicted molar refractivity (Wildman–Crippen MR) is 53.5 cm³/mol. The Morgan fingerprint density at radius 1 is 1.64 bits per heavy atom. The van der Waals surface area contributed by atoms with Crippen LogP contribution in [-0.2, 0) is 5.75 Å². The van der Waals surface area contributed by atoms with E-state index < -0.39 is 5.97 Å². The molecule has 78 valence electrons. The highest BCUT2D eigenvalue weighted by Gasteiger charge is 2.09. The van der Waals surface area contributed by atoms with Crippen molar-refractivity contribution in [2.45, 2.75) is 17.9 Å². The Hall–Kier alpha value is -0.940. The van der Waals surface area contributed by atoms with Crippen molar-refractivity contribution in [1.82, 2.24) is 0 Å². The second-order valence-corrected chi connectivity index (χ2v) is 4.30. The summed E-state index contributed by atoms with van der Waals surface area (Å²) >= 11 is 1.52. The molecule has 0 aliphatic heterocycles. The van der Waals surface area contributed by atoms with Crippen molar-refractivity contribution >= 4 is 17.7 Å². The fourth-order valence-electron chi connectivity index (χ4n) is 0.848. The van der Waals surface area contributed by atoms with Crippen molar-refractivity contribution < 1.29 is 19.4 Å². The zero-order valence-electron chi connectivity index (χ0n) is 7.77. The molecule has 0 fully saturated rings. The highest BCUT2D eigenvalue weighted by molar-refractivity contribution is 7.99. The van der Waals surface area contributed by atoms with E-state index in [0.29, 0.717) is 11.5 Å². The van der Waals surface area contributed by atoms with Crippen LogP contribution in [0.4, 0.5) is 0 Å². The Bertz CT molecular complexity index is 308. The van der Waals surface area contributed by atoms with Gasteiger partial charge in [-0.2, -0.15) is 0 Å². The summed E-state index contributed by atoms with van der Waals surface area (Å²) < 4.78 is 5.04. The summed E-state index contributed by atoms with van der Waals surface area (Å²) in [6, 6.07) is 3.07. The van der Waals surface area contributed by atoms with E-state index in [9.17, 15) is 4.79 Å². The third kappa shape index (κ3) is 3.08. The van der Waals surface area contributed by atoms with E-state index in [1.807, 2.05) is 6.92 Å². The number of hydrogen-bond acceptors (Lipinski definition) is 4. The molecule has 0 saturated heterocycles. The molecular weight excluding hydrogens is 204 g/mol. The monoisotopic (exact) mass is 216 g/mol. The van der Waals surface area contributed by atoms with Crippen LogP contribution >= 0.6 is 11.8 Å². The van der Waals surface area contributed by atoms with Gasteiger partial charge in [0.1, 0.15) is 5.76 Å². The van der Waals surface area contributed by atoms with Crippen molar-refractivity contribution in [2.75, 3.05) is 6.61 Å². The molecule has 1 unspecified atom stereocenters. The number of furan rings is 1. The number of carbonyl (C=O) groups is 1. The molecule has 0 radical (unpaired) electrons. The van der Waals surface area contributed by atoms with Gasteiger partial charge >= 0.3 is 5.97 Å². The summed E-state index contributed by atoms with van der Waals surface area (Å²) in [5.41, 5.74) is 0. The summed E-state index contributed by atoms with van der Waals surface area (Å²) in [5.74, 6) is 0.0936. The summed E-state index contributed by atoms with van der Waals surface area (Å²) in [5, 5.41) is 17.5. The normalized spacial score (nSPS) is 12.7. The van der Waals surface area contributed by atoms with E-state index in [2.05, 4.69) is 0 Å². The standard InChI is InChI=1S/C9H12O4S/c1-6(4-10)14-5-7-2-3-8(13-7)9(11)12/h2-3,6,10H,4-5H2,1H3,(H,11,12). The van der Waals surface area contributed by atoms with Gasteiger partial charge in [0.2, 0.25) is 5.76 Å². The van der Waals surface area contributed by atoms with Crippen LogP contribution in [0.2, 0.25) is 0 Å². The Kier molecular flexibility index (Phi) is 4.03. The fraction of sp³-hybridized carbons (Fsp3) is 0.444. The molecule has 0 aliphatic carbocycles. The third-order valence-corrected chi connectivity index (χ3v) is 2.81. The first-order valence-electron chi connectivity index (χ1n) is 4.18. The lowest BCUT2D eigenvalue weighted by Crippen LogP contribution is -2.01.